The van der Waals surface area contributed by atoms with Crippen molar-refractivity contribution in [3.8, 4) is 5.75 Å². The predicted molar refractivity (Wildman–Crippen MR) is 94.1 cm³/mol. The standard InChI is InChI=1S/C18H18BrNO3/c1-3-13-10-15(19)6-9-17(13)23-11-18(22)20-16-7-4-14(5-8-16)12(2)21/h4-10H,3,11H2,1-2H3,(H,20,22). The number of carbonyl (C=O) groups is 2. The van der Waals surface area contributed by atoms with Crippen LogP contribution in [-0.4, -0.2) is 18.3 Å². The first kappa shape index (κ1) is 17.2. The van der Waals surface area contributed by atoms with Crippen LogP contribution in [0.5, 0.6) is 5.75 Å². The Morgan fingerprint density at radius 1 is 1.13 bits per heavy atom. The minimum absolute atomic E-state index is 0.00598. The molecule has 0 heterocycles. The van der Waals surface area contributed by atoms with Crippen LogP contribution in [-0.2, 0) is 11.2 Å². The lowest BCUT2D eigenvalue weighted by Crippen LogP contribution is -2.20. The highest BCUT2D eigenvalue weighted by molar-refractivity contribution is 9.10. The summed E-state index contributed by atoms with van der Waals surface area (Å²) in [5.41, 5.74) is 2.29. The molecule has 0 aliphatic rings. The fourth-order valence-corrected chi connectivity index (χ4v) is 2.50. The number of rotatable bonds is 6. The van der Waals surface area contributed by atoms with Gasteiger partial charge in [-0.2, -0.15) is 0 Å². The number of carbonyl (C=O) groups excluding carboxylic acids is 2. The number of aryl methyl sites for hydroxylation is 1. The van der Waals surface area contributed by atoms with Gasteiger partial charge in [-0.25, -0.2) is 0 Å². The van der Waals surface area contributed by atoms with Gasteiger partial charge >= 0.3 is 0 Å². The lowest BCUT2D eigenvalue weighted by Gasteiger charge is -2.11. The molecule has 0 saturated carbocycles. The van der Waals surface area contributed by atoms with Gasteiger partial charge in [0.2, 0.25) is 0 Å². The number of Topliss-reactive ketones (excluding diaryl/α,β-unsaturated/α-hetero) is 1. The average Bonchev–Trinajstić information content (AvgIpc) is 2.54. The Hall–Kier alpha value is -2.14. The van der Waals surface area contributed by atoms with Gasteiger partial charge in [0.05, 0.1) is 0 Å². The Kier molecular flexibility index (Phi) is 5.93. The van der Waals surface area contributed by atoms with E-state index >= 15 is 0 Å². The molecule has 0 aromatic heterocycles. The lowest BCUT2D eigenvalue weighted by atomic mass is 10.1. The molecular formula is C18H18BrNO3. The van der Waals surface area contributed by atoms with Crippen LogP contribution in [0.15, 0.2) is 46.9 Å². The first-order chi connectivity index (χ1) is 11.0. The summed E-state index contributed by atoms with van der Waals surface area (Å²) in [7, 11) is 0. The number of hydrogen-bond acceptors (Lipinski definition) is 3. The fourth-order valence-electron chi connectivity index (χ4n) is 2.09. The normalized spacial score (nSPS) is 10.2. The van der Waals surface area contributed by atoms with Gasteiger partial charge < -0.3 is 10.1 Å². The van der Waals surface area contributed by atoms with Crippen molar-refractivity contribution in [2.24, 2.45) is 0 Å². The minimum atomic E-state index is -0.245. The van der Waals surface area contributed by atoms with Gasteiger partial charge in [0, 0.05) is 15.7 Å². The summed E-state index contributed by atoms with van der Waals surface area (Å²) < 4.78 is 6.58. The molecular weight excluding hydrogens is 358 g/mol. The largest absolute Gasteiger partial charge is 0.483 e. The van der Waals surface area contributed by atoms with Crippen LogP contribution in [0.1, 0.15) is 29.8 Å². The SMILES string of the molecule is CCc1cc(Br)ccc1OCC(=O)Nc1ccc(C(C)=O)cc1. The molecule has 0 aliphatic carbocycles. The second-order valence-corrected chi connectivity index (χ2v) is 5.99. The molecule has 5 heteroatoms. The van der Waals surface area contributed by atoms with E-state index in [0.717, 1.165) is 16.5 Å². The molecule has 0 atom stereocenters. The van der Waals surface area contributed by atoms with E-state index in [1.54, 1.807) is 24.3 Å². The van der Waals surface area contributed by atoms with E-state index in [9.17, 15) is 9.59 Å². The van der Waals surface area contributed by atoms with Crippen LogP contribution in [0.3, 0.4) is 0 Å². The summed E-state index contributed by atoms with van der Waals surface area (Å²) in [6, 6.07) is 12.5. The van der Waals surface area contributed by atoms with Gasteiger partial charge in [0.15, 0.2) is 12.4 Å². The van der Waals surface area contributed by atoms with Crippen LogP contribution in [0, 0.1) is 0 Å². The average molecular weight is 376 g/mol. The zero-order chi connectivity index (χ0) is 16.8. The summed E-state index contributed by atoms with van der Waals surface area (Å²) in [4.78, 5) is 23.2. The van der Waals surface area contributed by atoms with Gasteiger partial charge in [-0.05, 0) is 61.4 Å². The van der Waals surface area contributed by atoms with Gasteiger partial charge in [-0.3, -0.25) is 9.59 Å². The van der Waals surface area contributed by atoms with E-state index in [1.165, 1.54) is 6.92 Å². The number of halogens is 1. The Labute approximate surface area is 144 Å². The molecule has 2 aromatic carbocycles. The Bertz CT molecular complexity index is 711. The molecule has 2 aromatic rings. The van der Waals surface area contributed by atoms with E-state index in [0.29, 0.717) is 17.0 Å². The Morgan fingerprint density at radius 2 is 1.83 bits per heavy atom. The summed E-state index contributed by atoms with van der Waals surface area (Å²) in [6.45, 7) is 3.47. The van der Waals surface area contributed by atoms with Crippen molar-refractivity contribution >= 4 is 33.3 Å². The number of amides is 1. The van der Waals surface area contributed by atoms with Crippen LogP contribution < -0.4 is 10.1 Å². The molecule has 1 N–H and O–H groups in total. The van der Waals surface area contributed by atoms with Crippen molar-refractivity contribution < 1.29 is 14.3 Å². The number of benzene rings is 2. The molecule has 0 saturated heterocycles. The molecule has 0 aliphatic heterocycles. The zero-order valence-electron chi connectivity index (χ0n) is 13.1. The molecule has 0 spiro atoms. The minimum Gasteiger partial charge on any atom is -0.483 e. The van der Waals surface area contributed by atoms with E-state index in [1.807, 2.05) is 25.1 Å². The maximum absolute atomic E-state index is 12.0. The molecule has 0 fully saturated rings. The topological polar surface area (TPSA) is 55.4 Å². The number of ketones is 1. The third-order valence-corrected chi connectivity index (χ3v) is 3.83. The second-order valence-electron chi connectivity index (χ2n) is 5.08. The molecule has 23 heavy (non-hydrogen) atoms. The summed E-state index contributed by atoms with van der Waals surface area (Å²) in [5, 5.41) is 2.74. The third kappa shape index (κ3) is 4.93. The van der Waals surface area contributed by atoms with Gasteiger partial charge in [-0.1, -0.05) is 22.9 Å². The number of anilines is 1. The van der Waals surface area contributed by atoms with E-state index in [-0.39, 0.29) is 18.3 Å². The van der Waals surface area contributed by atoms with Crippen molar-refractivity contribution in [3.63, 3.8) is 0 Å². The van der Waals surface area contributed by atoms with Gasteiger partial charge in [-0.15, -0.1) is 0 Å². The Morgan fingerprint density at radius 3 is 2.43 bits per heavy atom. The van der Waals surface area contributed by atoms with Crippen molar-refractivity contribution in [1.29, 1.82) is 0 Å². The summed E-state index contributed by atoms with van der Waals surface area (Å²) >= 11 is 3.42. The fraction of sp³-hybridized carbons (Fsp3) is 0.222. The molecule has 0 radical (unpaired) electrons. The van der Waals surface area contributed by atoms with E-state index < -0.39 is 0 Å². The van der Waals surface area contributed by atoms with Crippen LogP contribution in [0.4, 0.5) is 5.69 Å². The van der Waals surface area contributed by atoms with Crippen molar-refractivity contribution in [3.05, 3.63) is 58.1 Å². The number of nitrogens with one attached hydrogen (secondary N) is 1. The maximum atomic E-state index is 12.0. The van der Waals surface area contributed by atoms with E-state index in [4.69, 9.17) is 4.74 Å². The Balaban J connectivity index is 1.94. The van der Waals surface area contributed by atoms with Gasteiger partial charge in [0.25, 0.3) is 5.91 Å². The van der Waals surface area contributed by atoms with Crippen molar-refractivity contribution in [2.75, 3.05) is 11.9 Å². The van der Waals surface area contributed by atoms with Gasteiger partial charge in [0.1, 0.15) is 5.75 Å². The van der Waals surface area contributed by atoms with Crippen LogP contribution >= 0.6 is 15.9 Å². The number of hydrogen-bond donors (Lipinski definition) is 1. The predicted octanol–water partition coefficient (Wildman–Crippen LogP) is 4.23. The second kappa shape index (κ2) is 7.92. The van der Waals surface area contributed by atoms with E-state index in [2.05, 4.69) is 21.2 Å². The summed E-state index contributed by atoms with van der Waals surface area (Å²) in [5.74, 6) is 0.455. The highest BCUT2D eigenvalue weighted by Crippen LogP contribution is 2.23. The highest BCUT2D eigenvalue weighted by Gasteiger charge is 2.08. The first-order valence-corrected chi connectivity index (χ1v) is 8.11. The molecule has 0 unspecified atom stereocenters. The van der Waals surface area contributed by atoms with Crippen LogP contribution in [0.25, 0.3) is 0 Å². The zero-order valence-corrected chi connectivity index (χ0v) is 14.6. The molecule has 120 valence electrons. The first-order valence-electron chi connectivity index (χ1n) is 7.31. The van der Waals surface area contributed by atoms with Crippen molar-refractivity contribution in [2.45, 2.75) is 20.3 Å². The highest BCUT2D eigenvalue weighted by atomic mass is 79.9. The van der Waals surface area contributed by atoms with Crippen molar-refractivity contribution in [1.82, 2.24) is 0 Å². The lowest BCUT2D eigenvalue weighted by molar-refractivity contribution is -0.118. The maximum Gasteiger partial charge on any atom is 0.262 e. The monoisotopic (exact) mass is 375 g/mol. The molecule has 2 rings (SSSR count). The molecule has 1 amide bonds. The number of ether oxygens (including phenoxy) is 1. The van der Waals surface area contributed by atoms with Crippen LogP contribution in [0.2, 0.25) is 0 Å². The molecule has 4 nitrogen and oxygen atoms in total. The smallest absolute Gasteiger partial charge is 0.262 e. The molecule has 0 bridgehead atoms. The third-order valence-electron chi connectivity index (χ3n) is 3.34. The quantitative estimate of drug-likeness (QED) is 0.768. The summed E-state index contributed by atoms with van der Waals surface area (Å²) in [6.07, 6.45) is 0.822.